The second kappa shape index (κ2) is 14.3. The molecule has 8 N–H and O–H groups in total. The lowest BCUT2D eigenvalue weighted by Gasteiger charge is -1.97. The SMILES string of the molecule is Cn1cnc2c1c(=O)[nH]c(=O)n2C.Cn1cnc2c1c(=O)[nH]c(=O)n2C.O=C(O)c1cc(O)cc(O)c1.O=C(O)c1cc(O)cc(O)c1. The van der Waals surface area contributed by atoms with E-state index in [1.165, 1.54) is 21.8 Å². The van der Waals surface area contributed by atoms with Gasteiger partial charge in [0.2, 0.25) is 0 Å². The van der Waals surface area contributed by atoms with Crippen molar-refractivity contribution < 1.29 is 40.2 Å². The monoisotopic (exact) mass is 668 g/mol. The number of aromatic carboxylic acids is 2. The predicted octanol–water partition coefficient (Wildman–Crippen LogP) is -0.487. The lowest BCUT2D eigenvalue weighted by Crippen LogP contribution is -2.28. The van der Waals surface area contributed by atoms with Crippen molar-refractivity contribution in [2.75, 3.05) is 0 Å². The van der Waals surface area contributed by atoms with Crippen molar-refractivity contribution in [2.45, 2.75) is 0 Å². The zero-order valence-electron chi connectivity index (χ0n) is 25.4. The first-order valence-electron chi connectivity index (χ1n) is 13.1. The van der Waals surface area contributed by atoms with Gasteiger partial charge in [0.1, 0.15) is 23.0 Å². The van der Waals surface area contributed by atoms with E-state index in [0.29, 0.717) is 22.3 Å². The summed E-state index contributed by atoms with van der Waals surface area (Å²) in [5, 5.41) is 52.1. The zero-order valence-corrected chi connectivity index (χ0v) is 25.4. The number of aromatic amines is 2. The van der Waals surface area contributed by atoms with Gasteiger partial charge in [0, 0.05) is 40.3 Å². The van der Waals surface area contributed by atoms with Crippen molar-refractivity contribution in [1.29, 1.82) is 0 Å². The van der Waals surface area contributed by atoms with Gasteiger partial charge < -0.3 is 39.8 Å². The molecule has 6 aromatic rings. The fourth-order valence-electron chi connectivity index (χ4n) is 3.96. The number of carboxylic acid groups (broad SMARTS) is 2. The quantitative estimate of drug-likeness (QED) is 0.116. The Labute approximate surface area is 265 Å². The summed E-state index contributed by atoms with van der Waals surface area (Å²) in [7, 11) is 6.53. The van der Waals surface area contributed by atoms with Gasteiger partial charge in [0.25, 0.3) is 11.1 Å². The molecule has 0 saturated heterocycles. The summed E-state index contributed by atoms with van der Waals surface area (Å²) in [6, 6.07) is 6.35. The topological polar surface area (TPSA) is 301 Å². The molecule has 2 aromatic carbocycles. The summed E-state index contributed by atoms with van der Waals surface area (Å²) in [5.41, 5.74) is -0.370. The number of aromatic nitrogens is 8. The fraction of sp³-hybridized carbons (Fsp3) is 0.143. The highest BCUT2D eigenvalue weighted by atomic mass is 16.4. The number of carbonyl (C=O) groups is 2. The lowest BCUT2D eigenvalue weighted by molar-refractivity contribution is 0.0685. The standard InChI is InChI=1S/2C7H8N4O2.2C7H6O4/c2*1-10-3-8-5-4(10)6(12)9-7(13)11(5)2;2*8-5-1-4(7(10)11)2-6(9)3-5/h2*3H,1-2H3,(H,9,12,13);2*1-3,8-9H,(H,10,11). The van der Waals surface area contributed by atoms with Crippen LogP contribution in [0.5, 0.6) is 23.0 Å². The first kappa shape index (κ1) is 35.4. The molecule has 0 unspecified atom stereocenters. The van der Waals surface area contributed by atoms with Gasteiger partial charge in [-0.25, -0.2) is 29.1 Å². The van der Waals surface area contributed by atoms with E-state index < -0.39 is 34.4 Å². The van der Waals surface area contributed by atoms with E-state index >= 15 is 0 Å². The molecule has 0 fully saturated rings. The largest absolute Gasteiger partial charge is 0.508 e. The molecule has 0 atom stereocenters. The molecule has 252 valence electrons. The molecule has 0 radical (unpaired) electrons. The van der Waals surface area contributed by atoms with Gasteiger partial charge in [-0.1, -0.05) is 0 Å². The number of H-pyrrole nitrogens is 2. The van der Waals surface area contributed by atoms with Crippen molar-refractivity contribution in [3.63, 3.8) is 0 Å². The molecule has 0 spiro atoms. The molecule has 48 heavy (non-hydrogen) atoms. The van der Waals surface area contributed by atoms with Crippen LogP contribution in [0.2, 0.25) is 0 Å². The van der Waals surface area contributed by atoms with Gasteiger partial charge in [-0.15, -0.1) is 0 Å². The number of phenols is 4. The average Bonchev–Trinajstić information content (AvgIpc) is 3.58. The minimum absolute atomic E-state index is 0.137. The highest BCUT2D eigenvalue weighted by molar-refractivity contribution is 5.89. The van der Waals surface area contributed by atoms with Gasteiger partial charge in [0.15, 0.2) is 22.3 Å². The third-order valence-corrected chi connectivity index (χ3v) is 6.25. The number of benzene rings is 2. The molecule has 20 heteroatoms. The van der Waals surface area contributed by atoms with Crippen molar-refractivity contribution in [2.24, 2.45) is 28.2 Å². The molecule has 20 nitrogen and oxygen atoms in total. The van der Waals surface area contributed by atoms with Crippen molar-refractivity contribution >= 4 is 34.3 Å². The van der Waals surface area contributed by atoms with Crippen LogP contribution in [-0.4, -0.2) is 80.8 Å². The number of hydrogen-bond donors (Lipinski definition) is 8. The van der Waals surface area contributed by atoms with Crippen molar-refractivity contribution in [1.82, 2.24) is 38.2 Å². The van der Waals surface area contributed by atoms with Crippen molar-refractivity contribution in [3.8, 4) is 23.0 Å². The number of phenolic OH excluding ortho intramolecular Hbond substituents is 4. The Kier molecular flexibility index (Phi) is 10.6. The number of aromatic hydroxyl groups is 4. The van der Waals surface area contributed by atoms with Gasteiger partial charge in [-0.05, 0) is 24.3 Å². The Morgan fingerprint density at radius 2 is 0.854 bits per heavy atom. The lowest BCUT2D eigenvalue weighted by atomic mass is 10.2. The second-order valence-corrected chi connectivity index (χ2v) is 9.78. The number of rotatable bonds is 2. The highest BCUT2D eigenvalue weighted by Gasteiger charge is 2.10. The number of hydrogen-bond acceptors (Lipinski definition) is 12. The summed E-state index contributed by atoms with van der Waals surface area (Å²) in [6.07, 6.45) is 3.00. The van der Waals surface area contributed by atoms with Gasteiger partial charge in [0.05, 0.1) is 23.8 Å². The van der Waals surface area contributed by atoms with Gasteiger partial charge in [-0.2, -0.15) is 0 Å². The van der Waals surface area contributed by atoms with Crippen molar-refractivity contribution in [3.05, 3.63) is 102 Å². The van der Waals surface area contributed by atoms with Crippen LogP contribution in [-0.2, 0) is 28.2 Å². The summed E-state index contributed by atoms with van der Waals surface area (Å²) >= 11 is 0. The Hall–Kier alpha value is -7.12. The van der Waals surface area contributed by atoms with Gasteiger partial charge >= 0.3 is 23.3 Å². The molecule has 0 bridgehead atoms. The molecule has 0 aliphatic heterocycles. The molecule has 4 heterocycles. The third-order valence-electron chi connectivity index (χ3n) is 6.25. The van der Waals surface area contributed by atoms with E-state index in [1.807, 2.05) is 0 Å². The molecule has 4 aromatic heterocycles. The molecule has 0 aliphatic carbocycles. The van der Waals surface area contributed by atoms with Gasteiger partial charge in [-0.3, -0.25) is 28.7 Å². The Morgan fingerprint density at radius 1 is 0.562 bits per heavy atom. The zero-order chi connectivity index (χ0) is 36.0. The maximum atomic E-state index is 11.3. The normalized spacial score (nSPS) is 10.2. The Morgan fingerprint density at radius 3 is 1.12 bits per heavy atom. The van der Waals surface area contributed by atoms with E-state index in [2.05, 4.69) is 19.9 Å². The molecule has 0 aliphatic rings. The molecule has 0 amide bonds. The van der Waals surface area contributed by atoms with Crippen LogP contribution in [0.25, 0.3) is 22.3 Å². The van der Waals surface area contributed by atoms with Crippen LogP contribution in [0.3, 0.4) is 0 Å². The number of carboxylic acids is 2. The van der Waals surface area contributed by atoms with E-state index in [-0.39, 0.29) is 34.1 Å². The number of nitrogens with zero attached hydrogens (tertiary/aromatic N) is 6. The first-order valence-corrected chi connectivity index (χ1v) is 13.1. The van der Waals surface area contributed by atoms with E-state index in [1.54, 1.807) is 37.3 Å². The van der Waals surface area contributed by atoms with E-state index in [9.17, 15) is 28.8 Å². The van der Waals surface area contributed by atoms with Crippen LogP contribution in [0, 0.1) is 0 Å². The van der Waals surface area contributed by atoms with E-state index in [0.717, 1.165) is 36.4 Å². The summed E-state index contributed by atoms with van der Waals surface area (Å²) in [4.78, 5) is 77.7. The number of aryl methyl sites for hydroxylation is 4. The third kappa shape index (κ3) is 8.12. The Bertz CT molecular complexity index is 2190. The maximum Gasteiger partial charge on any atom is 0.335 e. The number of imidazole rings is 2. The predicted molar refractivity (Wildman–Crippen MR) is 167 cm³/mol. The maximum absolute atomic E-state index is 11.3. The van der Waals surface area contributed by atoms with Crippen LogP contribution in [0.1, 0.15) is 20.7 Å². The van der Waals surface area contributed by atoms with Crippen LogP contribution < -0.4 is 22.5 Å². The average molecular weight is 669 g/mol. The number of fused-ring (bicyclic) bond motifs is 2. The molecule has 0 saturated carbocycles. The molecule has 6 rings (SSSR count). The van der Waals surface area contributed by atoms with Crippen LogP contribution in [0.4, 0.5) is 0 Å². The summed E-state index contributed by atoms with van der Waals surface area (Å²) in [6.45, 7) is 0. The number of nitrogens with one attached hydrogen (secondary N) is 2. The minimum Gasteiger partial charge on any atom is -0.508 e. The second-order valence-electron chi connectivity index (χ2n) is 9.78. The Balaban J connectivity index is 0.000000174. The molecular weight excluding hydrogens is 640 g/mol. The molecular formula is C28H28N8O12. The highest BCUT2D eigenvalue weighted by Crippen LogP contribution is 2.20. The summed E-state index contributed by atoms with van der Waals surface area (Å²) < 4.78 is 5.76. The minimum atomic E-state index is -1.18. The summed E-state index contributed by atoms with van der Waals surface area (Å²) in [5.74, 6) is -3.41. The van der Waals surface area contributed by atoms with Crippen LogP contribution >= 0.6 is 0 Å². The smallest absolute Gasteiger partial charge is 0.335 e. The first-order chi connectivity index (χ1) is 22.4. The van der Waals surface area contributed by atoms with Crippen LogP contribution in [0.15, 0.2) is 68.2 Å². The fourth-order valence-corrected chi connectivity index (χ4v) is 3.96. The van der Waals surface area contributed by atoms with E-state index in [4.69, 9.17) is 30.6 Å².